The average molecular weight is 221 g/mol. The van der Waals surface area contributed by atoms with Crippen molar-refractivity contribution in [2.75, 3.05) is 19.7 Å². The van der Waals surface area contributed by atoms with Crippen molar-refractivity contribution in [2.45, 2.75) is 6.42 Å². The minimum Gasteiger partial charge on any atom is -0.395 e. The molecule has 0 aliphatic heterocycles. The van der Waals surface area contributed by atoms with Crippen molar-refractivity contribution >= 4 is 11.0 Å². The largest absolute Gasteiger partial charge is 0.395 e. The fourth-order valence-electron chi connectivity index (χ4n) is 1.67. The molecule has 0 saturated carbocycles. The summed E-state index contributed by atoms with van der Waals surface area (Å²) in [5, 5.41) is 11.7. The van der Waals surface area contributed by atoms with E-state index in [-0.39, 0.29) is 12.3 Å². The lowest BCUT2D eigenvalue weighted by molar-refractivity contribution is 0.293. The first-order chi connectivity index (χ1) is 7.79. The van der Waals surface area contributed by atoms with Crippen LogP contribution in [-0.4, -0.2) is 34.8 Å². The molecule has 0 fully saturated rings. The highest BCUT2D eigenvalue weighted by Gasteiger charge is 1.99. The molecule has 5 heteroatoms. The van der Waals surface area contributed by atoms with Crippen LogP contribution in [0.5, 0.6) is 0 Å². The molecular formula is C11H15N3O2. The van der Waals surface area contributed by atoms with Crippen molar-refractivity contribution < 1.29 is 5.11 Å². The van der Waals surface area contributed by atoms with Crippen LogP contribution >= 0.6 is 0 Å². The summed E-state index contributed by atoms with van der Waals surface area (Å²) in [5.41, 5.74) is 2.65. The first kappa shape index (κ1) is 10.9. The summed E-state index contributed by atoms with van der Waals surface area (Å²) in [6.07, 6.45) is 0.878. The van der Waals surface area contributed by atoms with Gasteiger partial charge in [0.25, 0.3) is 0 Å². The minimum atomic E-state index is -0.175. The van der Waals surface area contributed by atoms with Crippen LogP contribution in [0.1, 0.15) is 5.56 Å². The molecule has 0 aliphatic carbocycles. The van der Waals surface area contributed by atoms with E-state index in [0.717, 1.165) is 29.6 Å². The summed E-state index contributed by atoms with van der Waals surface area (Å²) >= 11 is 0. The number of aromatic amines is 2. The number of fused-ring (bicyclic) bond motifs is 1. The number of H-pyrrole nitrogens is 2. The van der Waals surface area contributed by atoms with E-state index in [9.17, 15) is 4.79 Å². The molecule has 0 radical (unpaired) electrons. The molecule has 86 valence electrons. The lowest BCUT2D eigenvalue weighted by atomic mass is 10.1. The van der Waals surface area contributed by atoms with Crippen molar-refractivity contribution in [2.24, 2.45) is 0 Å². The van der Waals surface area contributed by atoms with Crippen LogP contribution in [0.3, 0.4) is 0 Å². The molecule has 0 amide bonds. The number of rotatable bonds is 5. The van der Waals surface area contributed by atoms with Gasteiger partial charge in [0.2, 0.25) is 0 Å². The molecule has 16 heavy (non-hydrogen) atoms. The van der Waals surface area contributed by atoms with Crippen LogP contribution in [-0.2, 0) is 6.42 Å². The summed E-state index contributed by atoms with van der Waals surface area (Å²) in [7, 11) is 0. The lowest BCUT2D eigenvalue weighted by Gasteiger charge is -2.02. The second kappa shape index (κ2) is 4.96. The summed E-state index contributed by atoms with van der Waals surface area (Å²) in [6, 6.07) is 5.86. The van der Waals surface area contributed by atoms with Crippen molar-refractivity contribution in [3.8, 4) is 0 Å². The molecule has 0 atom stereocenters. The van der Waals surface area contributed by atoms with E-state index in [1.54, 1.807) is 0 Å². The Balaban J connectivity index is 2.04. The molecule has 0 aliphatic rings. The first-order valence-electron chi connectivity index (χ1n) is 5.32. The minimum absolute atomic E-state index is 0.157. The SMILES string of the molecule is O=c1[nH]c2ccc(CCNCCO)cc2[nH]1. The van der Waals surface area contributed by atoms with Crippen LogP contribution in [0.2, 0.25) is 0 Å². The van der Waals surface area contributed by atoms with E-state index in [2.05, 4.69) is 15.3 Å². The smallest absolute Gasteiger partial charge is 0.323 e. The van der Waals surface area contributed by atoms with E-state index in [4.69, 9.17) is 5.11 Å². The molecule has 2 rings (SSSR count). The quantitative estimate of drug-likeness (QED) is 0.536. The summed E-state index contributed by atoms with van der Waals surface area (Å²) in [6.45, 7) is 1.59. The highest BCUT2D eigenvalue weighted by molar-refractivity contribution is 5.74. The highest BCUT2D eigenvalue weighted by atomic mass is 16.3. The molecule has 5 nitrogen and oxygen atoms in total. The fraction of sp³-hybridized carbons (Fsp3) is 0.364. The molecule has 0 spiro atoms. The summed E-state index contributed by atoms with van der Waals surface area (Å²) < 4.78 is 0. The van der Waals surface area contributed by atoms with Gasteiger partial charge in [0.15, 0.2) is 0 Å². The molecule has 1 heterocycles. The normalized spacial score (nSPS) is 11.1. The number of benzene rings is 1. The van der Waals surface area contributed by atoms with Gasteiger partial charge in [-0.25, -0.2) is 4.79 Å². The third-order valence-corrected chi connectivity index (χ3v) is 2.46. The van der Waals surface area contributed by atoms with Gasteiger partial charge in [-0.2, -0.15) is 0 Å². The molecular weight excluding hydrogens is 206 g/mol. The van der Waals surface area contributed by atoms with Gasteiger partial charge >= 0.3 is 5.69 Å². The zero-order valence-corrected chi connectivity index (χ0v) is 8.92. The Morgan fingerprint density at radius 2 is 2.00 bits per heavy atom. The second-order valence-electron chi connectivity index (χ2n) is 3.68. The Morgan fingerprint density at radius 1 is 1.19 bits per heavy atom. The average Bonchev–Trinajstić information content (AvgIpc) is 2.64. The van der Waals surface area contributed by atoms with Crippen molar-refractivity contribution in [3.63, 3.8) is 0 Å². The zero-order valence-electron chi connectivity index (χ0n) is 8.92. The van der Waals surface area contributed by atoms with Crippen LogP contribution in [0.4, 0.5) is 0 Å². The molecule has 2 aromatic rings. The predicted molar refractivity (Wildman–Crippen MR) is 62.6 cm³/mol. The third-order valence-electron chi connectivity index (χ3n) is 2.46. The maximum Gasteiger partial charge on any atom is 0.323 e. The third kappa shape index (κ3) is 2.50. The van der Waals surface area contributed by atoms with Crippen molar-refractivity contribution in [3.05, 3.63) is 34.2 Å². The van der Waals surface area contributed by atoms with Gasteiger partial charge in [-0.15, -0.1) is 0 Å². The lowest BCUT2D eigenvalue weighted by Crippen LogP contribution is -2.20. The number of hydrogen-bond donors (Lipinski definition) is 4. The Kier molecular flexibility index (Phi) is 3.38. The van der Waals surface area contributed by atoms with E-state index in [0.29, 0.717) is 6.54 Å². The van der Waals surface area contributed by atoms with E-state index < -0.39 is 0 Å². The van der Waals surface area contributed by atoms with Gasteiger partial charge in [0.1, 0.15) is 0 Å². The van der Waals surface area contributed by atoms with Crippen LogP contribution in [0.15, 0.2) is 23.0 Å². The Morgan fingerprint density at radius 3 is 2.81 bits per heavy atom. The van der Waals surface area contributed by atoms with Crippen LogP contribution in [0, 0.1) is 0 Å². The van der Waals surface area contributed by atoms with Crippen LogP contribution < -0.4 is 11.0 Å². The van der Waals surface area contributed by atoms with Gasteiger partial charge in [-0.05, 0) is 30.7 Å². The van der Waals surface area contributed by atoms with Gasteiger partial charge in [0, 0.05) is 6.54 Å². The van der Waals surface area contributed by atoms with Gasteiger partial charge in [0.05, 0.1) is 17.6 Å². The van der Waals surface area contributed by atoms with Gasteiger partial charge < -0.3 is 20.4 Å². The maximum atomic E-state index is 11.0. The standard InChI is InChI=1S/C11H15N3O2/c15-6-5-12-4-3-8-1-2-9-10(7-8)14-11(16)13-9/h1-2,7,12,15H,3-6H2,(H2,13,14,16). The number of imidazole rings is 1. The first-order valence-corrected chi connectivity index (χ1v) is 5.32. The predicted octanol–water partition coefficient (Wildman–Crippen LogP) is -0.0194. The number of aliphatic hydroxyl groups excluding tert-OH is 1. The Bertz CT molecular complexity index is 515. The monoisotopic (exact) mass is 221 g/mol. The van der Waals surface area contributed by atoms with E-state index in [1.807, 2.05) is 18.2 Å². The maximum absolute atomic E-state index is 11.0. The highest BCUT2D eigenvalue weighted by Crippen LogP contribution is 2.10. The number of hydrogen-bond acceptors (Lipinski definition) is 3. The number of aromatic nitrogens is 2. The summed E-state index contributed by atoms with van der Waals surface area (Å²) in [4.78, 5) is 16.5. The molecule has 1 aromatic carbocycles. The molecule has 0 bridgehead atoms. The molecule has 0 unspecified atom stereocenters. The van der Waals surface area contributed by atoms with Crippen LogP contribution in [0.25, 0.3) is 11.0 Å². The number of aliphatic hydroxyl groups is 1. The van der Waals surface area contributed by atoms with Crippen molar-refractivity contribution in [1.82, 2.24) is 15.3 Å². The molecule has 4 N–H and O–H groups in total. The van der Waals surface area contributed by atoms with Gasteiger partial charge in [-0.1, -0.05) is 6.07 Å². The zero-order chi connectivity index (χ0) is 11.4. The topological polar surface area (TPSA) is 80.9 Å². The van der Waals surface area contributed by atoms with Gasteiger partial charge in [-0.3, -0.25) is 0 Å². The Labute approximate surface area is 92.5 Å². The van der Waals surface area contributed by atoms with E-state index >= 15 is 0 Å². The van der Waals surface area contributed by atoms with E-state index in [1.165, 1.54) is 0 Å². The summed E-state index contributed by atoms with van der Waals surface area (Å²) in [5.74, 6) is 0. The fourth-order valence-corrected chi connectivity index (χ4v) is 1.67. The second-order valence-corrected chi connectivity index (χ2v) is 3.68. The molecule has 0 saturated heterocycles. The van der Waals surface area contributed by atoms with Crippen molar-refractivity contribution in [1.29, 1.82) is 0 Å². The number of nitrogens with one attached hydrogen (secondary N) is 3. The Hall–Kier alpha value is -1.59. The molecule has 1 aromatic heterocycles.